The van der Waals surface area contributed by atoms with E-state index in [-0.39, 0.29) is 11.8 Å². The Bertz CT molecular complexity index is 971. The minimum absolute atomic E-state index is 0.0366. The van der Waals surface area contributed by atoms with Crippen molar-refractivity contribution in [3.63, 3.8) is 0 Å². The lowest BCUT2D eigenvalue weighted by molar-refractivity contribution is 0.124. The maximum atomic E-state index is 12.2. The van der Waals surface area contributed by atoms with Crippen molar-refractivity contribution in [3.05, 3.63) is 101 Å². The van der Waals surface area contributed by atoms with E-state index in [1.54, 1.807) is 7.11 Å². The number of benzene rings is 3. The first-order valence-electron chi connectivity index (χ1n) is 8.93. The zero-order valence-electron chi connectivity index (χ0n) is 14.7. The Hall–Kier alpha value is -2.00. The van der Waals surface area contributed by atoms with E-state index in [1.807, 2.05) is 72.8 Å². The number of rotatable bonds is 2. The number of methoxy groups -OCH3 is 1. The molecule has 0 radical (unpaired) electrons. The molecule has 5 rings (SSSR count). The lowest BCUT2D eigenvalue weighted by Crippen LogP contribution is -2.31. The summed E-state index contributed by atoms with van der Waals surface area (Å²) in [5, 5.41) is 12.2. The standard InChI is InChI=1S/C23H18Cl2O2/c1-27-15-12-10-14(11-13-15)22(26)18-8-4-2-6-16(18)20-21(23(20,24)25)17-7-3-5-9-19(17)22/h2-13,20-21,26H,1H3. The van der Waals surface area contributed by atoms with E-state index in [9.17, 15) is 5.11 Å². The smallest absolute Gasteiger partial charge is 0.141 e. The third kappa shape index (κ3) is 2.24. The molecule has 3 aromatic rings. The molecule has 2 nitrogen and oxygen atoms in total. The van der Waals surface area contributed by atoms with Gasteiger partial charge in [0.15, 0.2) is 0 Å². The summed E-state index contributed by atoms with van der Waals surface area (Å²) in [6, 6.07) is 23.4. The van der Waals surface area contributed by atoms with E-state index < -0.39 is 9.93 Å². The van der Waals surface area contributed by atoms with Gasteiger partial charge in [0.1, 0.15) is 15.7 Å². The van der Waals surface area contributed by atoms with E-state index in [2.05, 4.69) is 0 Å². The van der Waals surface area contributed by atoms with Gasteiger partial charge in [-0.3, -0.25) is 0 Å². The van der Waals surface area contributed by atoms with Crippen molar-refractivity contribution in [2.75, 3.05) is 7.11 Å². The van der Waals surface area contributed by atoms with Crippen LogP contribution in [0.2, 0.25) is 0 Å². The van der Waals surface area contributed by atoms with Gasteiger partial charge in [-0.2, -0.15) is 0 Å². The molecule has 0 aromatic heterocycles. The lowest BCUT2D eigenvalue weighted by atomic mass is 9.77. The second-order valence-corrected chi connectivity index (χ2v) is 8.69. The Morgan fingerprint density at radius 2 is 1.26 bits per heavy atom. The molecule has 2 aliphatic carbocycles. The molecule has 0 aliphatic heterocycles. The first-order chi connectivity index (χ1) is 13.0. The number of fused-ring (bicyclic) bond motifs is 5. The van der Waals surface area contributed by atoms with Crippen LogP contribution >= 0.6 is 23.2 Å². The van der Waals surface area contributed by atoms with Gasteiger partial charge in [0.2, 0.25) is 0 Å². The molecule has 1 N–H and O–H groups in total. The van der Waals surface area contributed by atoms with Gasteiger partial charge in [0, 0.05) is 11.8 Å². The van der Waals surface area contributed by atoms with E-state index in [0.717, 1.165) is 33.6 Å². The highest BCUT2D eigenvalue weighted by Crippen LogP contribution is 2.73. The van der Waals surface area contributed by atoms with Crippen molar-refractivity contribution >= 4 is 23.2 Å². The minimum atomic E-state index is -1.28. The van der Waals surface area contributed by atoms with Gasteiger partial charge in [-0.1, -0.05) is 60.7 Å². The lowest BCUT2D eigenvalue weighted by Gasteiger charge is -2.33. The SMILES string of the molecule is COc1ccc(C2(O)c3ccccc3C3C(c4ccccc42)C3(Cl)Cl)cc1. The van der Waals surface area contributed by atoms with Gasteiger partial charge in [-0.05, 0) is 39.9 Å². The molecule has 1 saturated carbocycles. The molecule has 2 unspecified atom stereocenters. The van der Waals surface area contributed by atoms with Crippen LogP contribution in [0.25, 0.3) is 0 Å². The van der Waals surface area contributed by atoms with Crippen LogP contribution in [0.1, 0.15) is 39.7 Å². The number of ether oxygens (including phenoxy) is 1. The van der Waals surface area contributed by atoms with Crippen LogP contribution in [0.3, 0.4) is 0 Å². The third-order valence-electron chi connectivity index (χ3n) is 5.93. The monoisotopic (exact) mass is 396 g/mol. The van der Waals surface area contributed by atoms with Crippen LogP contribution < -0.4 is 4.74 Å². The van der Waals surface area contributed by atoms with Gasteiger partial charge in [-0.15, -0.1) is 23.2 Å². The highest BCUT2D eigenvalue weighted by Gasteiger charge is 2.67. The van der Waals surface area contributed by atoms with Crippen molar-refractivity contribution in [1.82, 2.24) is 0 Å². The Kier molecular flexibility index (Phi) is 3.64. The van der Waals surface area contributed by atoms with Crippen molar-refractivity contribution in [2.24, 2.45) is 0 Å². The second-order valence-electron chi connectivity index (χ2n) is 7.24. The topological polar surface area (TPSA) is 29.5 Å². The fourth-order valence-corrected chi connectivity index (χ4v) is 5.43. The average molecular weight is 397 g/mol. The summed E-state index contributed by atoms with van der Waals surface area (Å²) in [5.74, 6) is 0.678. The Balaban J connectivity index is 1.83. The van der Waals surface area contributed by atoms with E-state index in [1.165, 1.54) is 0 Å². The van der Waals surface area contributed by atoms with E-state index >= 15 is 0 Å². The Labute approximate surface area is 168 Å². The summed E-state index contributed by atoms with van der Waals surface area (Å²) in [6.07, 6.45) is 0. The predicted octanol–water partition coefficient (Wildman–Crippen LogP) is 5.35. The van der Waals surface area contributed by atoms with Crippen LogP contribution in [0.4, 0.5) is 0 Å². The van der Waals surface area contributed by atoms with Gasteiger partial charge in [0.25, 0.3) is 0 Å². The molecule has 27 heavy (non-hydrogen) atoms. The van der Waals surface area contributed by atoms with Gasteiger partial charge in [-0.25, -0.2) is 0 Å². The molecule has 1 fully saturated rings. The number of aliphatic hydroxyl groups is 1. The van der Waals surface area contributed by atoms with Gasteiger partial charge >= 0.3 is 0 Å². The highest BCUT2D eigenvalue weighted by molar-refractivity contribution is 6.52. The molecular formula is C23H18Cl2O2. The first-order valence-corrected chi connectivity index (χ1v) is 9.68. The van der Waals surface area contributed by atoms with Crippen LogP contribution in [-0.2, 0) is 5.60 Å². The van der Waals surface area contributed by atoms with Crippen molar-refractivity contribution < 1.29 is 9.84 Å². The summed E-state index contributed by atoms with van der Waals surface area (Å²) in [7, 11) is 1.63. The fourth-order valence-electron chi connectivity index (χ4n) is 4.58. The van der Waals surface area contributed by atoms with Gasteiger partial charge < -0.3 is 9.84 Å². The molecule has 4 heteroatoms. The predicted molar refractivity (Wildman–Crippen MR) is 108 cm³/mol. The molecular weight excluding hydrogens is 379 g/mol. The molecule has 3 aromatic carbocycles. The summed E-state index contributed by atoms with van der Waals surface area (Å²) in [6.45, 7) is 0. The van der Waals surface area contributed by atoms with Crippen LogP contribution in [0.15, 0.2) is 72.8 Å². The average Bonchev–Trinajstić information content (AvgIpc) is 3.31. The molecule has 0 spiro atoms. The molecule has 2 aliphatic rings. The van der Waals surface area contributed by atoms with E-state index in [0.29, 0.717) is 0 Å². The largest absolute Gasteiger partial charge is 0.497 e. The molecule has 0 heterocycles. The quantitative estimate of drug-likeness (QED) is 0.591. The van der Waals surface area contributed by atoms with Crippen LogP contribution in [-0.4, -0.2) is 16.5 Å². The van der Waals surface area contributed by atoms with Crippen molar-refractivity contribution in [3.8, 4) is 5.75 Å². The van der Waals surface area contributed by atoms with Crippen molar-refractivity contribution in [2.45, 2.75) is 21.8 Å². The highest BCUT2D eigenvalue weighted by atomic mass is 35.5. The second kappa shape index (κ2) is 5.75. The zero-order valence-corrected chi connectivity index (χ0v) is 16.2. The normalized spacial score (nSPS) is 27.0. The van der Waals surface area contributed by atoms with Crippen LogP contribution in [0.5, 0.6) is 5.75 Å². The number of hydrogen-bond acceptors (Lipinski definition) is 2. The third-order valence-corrected chi connectivity index (χ3v) is 6.87. The summed E-state index contributed by atoms with van der Waals surface area (Å²) >= 11 is 13.4. The van der Waals surface area contributed by atoms with Gasteiger partial charge in [0.05, 0.1) is 7.11 Å². The fraction of sp³-hybridized carbons (Fsp3) is 0.217. The minimum Gasteiger partial charge on any atom is -0.497 e. The zero-order chi connectivity index (χ0) is 18.8. The number of halogens is 2. The molecule has 2 atom stereocenters. The summed E-state index contributed by atoms with van der Waals surface area (Å²) in [4.78, 5) is 0. The first kappa shape index (κ1) is 17.1. The van der Waals surface area contributed by atoms with Crippen molar-refractivity contribution in [1.29, 1.82) is 0 Å². The Morgan fingerprint density at radius 3 is 1.74 bits per heavy atom. The number of hydrogen-bond donors (Lipinski definition) is 1. The summed E-state index contributed by atoms with van der Waals surface area (Å²) < 4.78 is 4.43. The summed E-state index contributed by atoms with van der Waals surface area (Å²) in [5.41, 5.74) is 3.18. The number of alkyl halides is 2. The maximum absolute atomic E-state index is 12.2. The molecule has 136 valence electrons. The van der Waals surface area contributed by atoms with Crippen LogP contribution in [0, 0.1) is 0 Å². The molecule has 0 amide bonds. The molecule has 0 saturated heterocycles. The Morgan fingerprint density at radius 1 is 0.778 bits per heavy atom. The molecule has 0 bridgehead atoms. The van der Waals surface area contributed by atoms with E-state index in [4.69, 9.17) is 27.9 Å². The maximum Gasteiger partial charge on any atom is 0.141 e.